The van der Waals surface area contributed by atoms with Crippen molar-refractivity contribution in [1.29, 1.82) is 5.26 Å². The Kier molecular flexibility index (Phi) is 3.49. The second kappa shape index (κ2) is 5.36. The molecule has 23 heavy (non-hydrogen) atoms. The number of H-pyrrole nitrogens is 1. The lowest BCUT2D eigenvalue weighted by atomic mass is 9.81. The number of hydrogen-bond donors (Lipinski definition) is 2. The SMILES string of the molecule is COc1cc(C)c([C@@H]2C(C#N)=C(N)Oc3n[nH]c(C)c32)cc1C. The van der Waals surface area contributed by atoms with Crippen LogP contribution in [0, 0.1) is 32.1 Å². The zero-order valence-electron chi connectivity index (χ0n) is 13.5. The van der Waals surface area contributed by atoms with Crippen molar-refractivity contribution in [3.63, 3.8) is 0 Å². The number of benzene rings is 1. The van der Waals surface area contributed by atoms with E-state index < -0.39 is 0 Å². The average molecular weight is 310 g/mol. The van der Waals surface area contributed by atoms with Gasteiger partial charge >= 0.3 is 0 Å². The topological polar surface area (TPSA) is 96.9 Å². The highest BCUT2D eigenvalue weighted by atomic mass is 16.5. The second-order valence-electron chi connectivity index (χ2n) is 5.67. The standard InChI is InChI=1S/C17H18N4O2/c1-8-6-13(22-4)9(2)5-11(8)15-12(7-18)16(19)23-17-14(15)10(3)20-21-17/h5-6,15H,19H2,1-4H3,(H,20,21)/t15-/m1/s1. The van der Waals surface area contributed by atoms with Gasteiger partial charge in [-0.25, -0.2) is 0 Å². The third-order valence-electron chi connectivity index (χ3n) is 4.22. The smallest absolute Gasteiger partial charge is 0.244 e. The summed E-state index contributed by atoms with van der Waals surface area (Å²) in [7, 11) is 1.65. The van der Waals surface area contributed by atoms with E-state index in [1.165, 1.54) is 0 Å². The molecule has 0 amide bonds. The van der Waals surface area contributed by atoms with Crippen LogP contribution < -0.4 is 15.2 Å². The lowest BCUT2D eigenvalue weighted by Gasteiger charge is -2.25. The highest BCUT2D eigenvalue weighted by molar-refractivity contribution is 5.58. The number of hydrogen-bond acceptors (Lipinski definition) is 5. The number of nitrogens with one attached hydrogen (secondary N) is 1. The molecule has 1 aliphatic rings. The summed E-state index contributed by atoms with van der Waals surface area (Å²) in [5.41, 5.74) is 11.1. The van der Waals surface area contributed by atoms with Gasteiger partial charge in [-0.15, -0.1) is 5.10 Å². The Labute approximate surface area is 134 Å². The molecule has 3 rings (SSSR count). The van der Waals surface area contributed by atoms with Crippen molar-refractivity contribution < 1.29 is 9.47 Å². The number of nitriles is 1. The monoisotopic (exact) mass is 310 g/mol. The molecule has 2 heterocycles. The molecule has 0 unspecified atom stereocenters. The maximum absolute atomic E-state index is 9.58. The lowest BCUT2D eigenvalue weighted by molar-refractivity contribution is 0.378. The fourth-order valence-electron chi connectivity index (χ4n) is 3.05. The van der Waals surface area contributed by atoms with E-state index in [1.807, 2.05) is 32.9 Å². The first-order chi connectivity index (χ1) is 11.0. The number of aromatic nitrogens is 2. The fourth-order valence-corrected chi connectivity index (χ4v) is 3.05. The number of rotatable bonds is 2. The van der Waals surface area contributed by atoms with Crippen molar-refractivity contribution in [1.82, 2.24) is 10.2 Å². The average Bonchev–Trinajstić information content (AvgIpc) is 2.88. The Morgan fingerprint density at radius 2 is 2.04 bits per heavy atom. The molecule has 1 aromatic carbocycles. The van der Waals surface area contributed by atoms with E-state index in [-0.39, 0.29) is 11.8 Å². The van der Waals surface area contributed by atoms with Gasteiger partial charge in [0.25, 0.3) is 0 Å². The van der Waals surface area contributed by atoms with Crippen LogP contribution in [0.5, 0.6) is 11.6 Å². The molecule has 0 radical (unpaired) electrons. The first-order valence-electron chi connectivity index (χ1n) is 7.25. The van der Waals surface area contributed by atoms with E-state index in [1.54, 1.807) is 7.11 Å². The predicted octanol–water partition coefficient (Wildman–Crippen LogP) is 2.56. The van der Waals surface area contributed by atoms with Gasteiger partial charge in [0.1, 0.15) is 17.4 Å². The van der Waals surface area contributed by atoms with Crippen LogP contribution >= 0.6 is 0 Å². The lowest BCUT2D eigenvalue weighted by Crippen LogP contribution is -2.21. The summed E-state index contributed by atoms with van der Waals surface area (Å²) in [5.74, 6) is 1.05. The molecule has 0 saturated heterocycles. The summed E-state index contributed by atoms with van der Waals surface area (Å²) in [4.78, 5) is 0. The summed E-state index contributed by atoms with van der Waals surface area (Å²) >= 11 is 0. The van der Waals surface area contributed by atoms with Gasteiger partial charge in [-0.2, -0.15) is 5.26 Å². The summed E-state index contributed by atoms with van der Waals surface area (Å²) in [6.45, 7) is 5.88. The highest BCUT2D eigenvalue weighted by Gasteiger charge is 2.35. The molecule has 6 heteroatoms. The van der Waals surface area contributed by atoms with Crippen molar-refractivity contribution in [3.05, 3.63) is 51.5 Å². The quantitative estimate of drug-likeness (QED) is 0.888. The van der Waals surface area contributed by atoms with E-state index in [2.05, 4.69) is 16.3 Å². The van der Waals surface area contributed by atoms with Crippen LogP contribution in [0.1, 0.15) is 33.9 Å². The molecule has 1 atom stereocenters. The minimum absolute atomic E-state index is 0.101. The first kappa shape index (κ1) is 15.0. The molecule has 0 saturated carbocycles. The molecule has 0 spiro atoms. The Hall–Kier alpha value is -2.94. The molecule has 6 nitrogen and oxygen atoms in total. The summed E-state index contributed by atoms with van der Waals surface area (Å²) in [5, 5.41) is 16.6. The van der Waals surface area contributed by atoms with E-state index in [0.717, 1.165) is 33.7 Å². The largest absolute Gasteiger partial charge is 0.496 e. The van der Waals surface area contributed by atoms with Crippen molar-refractivity contribution in [3.8, 4) is 17.7 Å². The minimum atomic E-state index is -0.299. The number of methoxy groups -OCH3 is 1. The van der Waals surface area contributed by atoms with Gasteiger partial charge in [-0.3, -0.25) is 5.10 Å². The normalized spacial score (nSPS) is 16.6. The minimum Gasteiger partial charge on any atom is -0.496 e. The van der Waals surface area contributed by atoms with Crippen LogP contribution in [-0.4, -0.2) is 17.3 Å². The van der Waals surface area contributed by atoms with Crippen LogP contribution in [0.15, 0.2) is 23.6 Å². The van der Waals surface area contributed by atoms with Gasteiger partial charge in [-0.1, -0.05) is 6.07 Å². The third kappa shape index (κ3) is 2.21. The summed E-state index contributed by atoms with van der Waals surface area (Å²) in [6.07, 6.45) is 0. The molecule has 0 fully saturated rings. The Bertz CT molecular complexity index is 858. The van der Waals surface area contributed by atoms with Crippen LogP contribution in [0.3, 0.4) is 0 Å². The fraction of sp³-hybridized carbons (Fsp3) is 0.294. The van der Waals surface area contributed by atoms with Crippen LogP contribution in [0.25, 0.3) is 0 Å². The van der Waals surface area contributed by atoms with Crippen LogP contribution in [0.2, 0.25) is 0 Å². The van der Waals surface area contributed by atoms with E-state index in [9.17, 15) is 5.26 Å². The van der Waals surface area contributed by atoms with Gasteiger partial charge in [0.05, 0.1) is 13.0 Å². The van der Waals surface area contributed by atoms with Gasteiger partial charge in [0, 0.05) is 11.3 Å². The van der Waals surface area contributed by atoms with Crippen molar-refractivity contribution in [2.75, 3.05) is 7.11 Å². The molecular weight excluding hydrogens is 292 g/mol. The highest BCUT2D eigenvalue weighted by Crippen LogP contribution is 2.44. The number of aromatic amines is 1. The van der Waals surface area contributed by atoms with Gasteiger partial charge in [-0.05, 0) is 43.5 Å². The maximum atomic E-state index is 9.58. The molecule has 118 valence electrons. The van der Waals surface area contributed by atoms with E-state index in [4.69, 9.17) is 15.2 Å². The Morgan fingerprint density at radius 3 is 2.70 bits per heavy atom. The van der Waals surface area contributed by atoms with Crippen molar-refractivity contribution in [2.24, 2.45) is 5.73 Å². The number of nitrogens with zero attached hydrogens (tertiary/aromatic N) is 2. The van der Waals surface area contributed by atoms with Crippen molar-refractivity contribution in [2.45, 2.75) is 26.7 Å². The molecule has 0 aliphatic carbocycles. The molecule has 2 aromatic rings. The number of ether oxygens (including phenoxy) is 2. The molecular formula is C17H18N4O2. The van der Waals surface area contributed by atoms with Gasteiger partial charge in [0.2, 0.25) is 11.8 Å². The maximum Gasteiger partial charge on any atom is 0.244 e. The predicted molar refractivity (Wildman–Crippen MR) is 85.1 cm³/mol. The zero-order valence-corrected chi connectivity index (χ0v) is 13.5. The summed E-state index contributed by atoms with van der Waals surface area (Å²) < 4.78 is 10.9. The second-order valence-corrected chi connectivity index (χ2v) is 5.67. The van der Waals surface area contributed by atoms with Crippen LogP contribution in [0.4, 0.5) is 0 Å². The summed E-state index contributed by atoms with van der Waals surface area (Å²) in [6, 6.07) is 6.20. The van der Waals surface area contributed by atoms with Gasteiger partial charge < -0.3 is 15.2 Å². The zero-order chi connectivity index (χ0) is 16.7. The molecule has 0 bridgehead atoms. The Balaban J connectivity index is 2.27. The number of nitrogens with two attached hydrogens (primary N) is 1. The molecule has 1 aromatic heterocycles. The van der Waals surface area contributed by atoms with E-state index >= 15 is 0 Å². The number of aryl methyl sites for hydroxylation is 3. The molecule has 3 N–H and O–H groups in total. The first-order valence-corrected chi connectivity index (χ1v) is 7.25. The third-order valence-corrected chi connectivity index (χ3v) is 4.22. The van der Waals surface area contributed by atoms with Crippen molar-refractivity contribution >= 4 is 0 Å². The number of fused-ring (bicyclic) bond motifs is 1. The Morgan fingerprint density at radius 1 is 1.30 bits per heavy atom. The van der Waals surface area contributed by atoms with E-state index in [0.29, 0.717) is 11.5 Å². The molecule has 1 aliphatic heterocycles. The number of allylic oxidation sites excluding steroid dienone is 1. The van der Waals surface area contributed by atoms with Gasteiger partial charge in [0.15, 0.2) is 0 Å². The van der Waals surface area contributed by atoms with Crippen LogP contribution in [-0.2, 0) is 0 Å².